The number of rotatable bonds is 9. The number of hydrogen-bond donors (Lipinski definition) is 2. The van der Waals surface area contributed by atoms with Crippen LogP contribution in [-0.4, -0.2) is 60.5 Å². The molecular weight excluding hydrogens is 396 g/mol. The lowest BCUT2D eigenvalue weighted by Gasteiger charge is -2.33. The van der Waals surface area contributed by atoms with Crippen molar-refractivity contribution in [2.45, 2.75) is 65.4 Å². The van der Waals surface area contributed by atoms with E-state index in [9.17, 15) is 9.59 Å². The number of aliphatic hydroxyl groups is 1. The molecule has 1 fully saturated rings. The van der Waals surface area contributed by atoms with E-state index < -0.39 is 5.60 Å². The molecule has 7 heteroatoms. The Hall–Kier alpha value is -2.28. The summed E-state index contributed by atoms with van der Waals surface area (Å²) in [4.78, 5) is 26.1. The summed E-state index contributed by atoms with van der Waals surface area (Å²) in [5, 5.41) is 11.6. The molecule has 2 rings (SSSR count). The number of carbonyl (C=O) groups excluding carboxylic acids is 2. The fraction of sp³-hybridized carbons (Fsp3) is 0.667. The van der Waals surface area contributed by atoms with E-state index in [4.69, 9.17) is 14.6 Å². The number of amides is 2. The Morgan fingerprint density at radius 1 is 1.19 bits per heavy atom. The van der Waals surface area contributed by atoms with Gasteiger partial charge in [0.05, 0.1) is 6.61 Å². The molecule has 174 valence electrons. The molecule has 0 radical (unpaired) electrons. The summed E-state index contributed by atoms with van der Waals surface area (Å²) in [5.41, 5.74) is 1.04. The Balaban J connectivity index is 1.67. The zero-order valence-corrected chi connectivity index (χ0v) is 19.4. The monoisotopic (exact) mass is 434 g/mol. The molecule has 2 N–H and O–H groups in total. The molecule has 7 nitrogen and oxygen atoms in total. The third-order valence-corrected chi connectivity index (χ3v) is 5.35. The first-order valence-corrected chi connectivity index (χ1v) is 11.3. The zero-order valence-electron chi connectivity index (χ0n) is 19.4. The Morgan fingerprint density at radius 3 is 2.52 bits per heavy atom. The van der Waals surface area contributed by atoms with Gasteiger partial charge in [0.1, 0.15) is 11.4 Å². The minimum Gasteiger partial charge on any atom is -0.494 e. The van der Waals surface area contributed by atoms with Gasteiger partial charge in [0, 0.05) is 31.8 Å². The summed E-state index contributed by atoms with van der Waals surface area (Å²) in [6.45, 7) is 10.2. The van der Waals surface area contributed by atoms with Crippen molar-refractivity contribution in [2.24, 2.45) is 5.92 Å². The second-order valence-corrected chi connectivity index (χ2v) is 9.21. The van der Waals surface area contributed by atoms with Crippen LogP contribution in [0.4, 0.5) is 4.79 Å². The molecule has 1 aromatic rings. The maximum absolute atomic E-state index is 12.2. The largest absolute Gasteiger partial charge is 0.494 e. The number of likely N-dealkylation sites (tertiary alicyclic amines) is 1. The molecule has 1 aliphatic rings. The highest BCUT2D eigenvalue weighted by molar-refractivity contribution is 5.95. The molecule has 1 saturated heterocycles. The molecular formula is C24H38N2O5. The lowest BCUT2D eigenvalue weighted by molar-refractivity contribution is 0.0179. The quantitative estimate of drug-likeness (QED) is 0.575. The minimum atomic E-state index is -0.453. The lowest BCUT2D eigenvalue weighted by Crippen LogP contribution is -2.41. The van der Waals surface area contributed by atoms with Gasteiger partial charge in [0.15, 0.2) is 0 Å². The van der Waals surface area contributed by atoms with Crippen LogP contribution < -0.4 is 10.1 Å². The first-order chi connectivity index (χ1) is 14.7. The summed E-state index contributed by atoms with van der Waals surface area (Å²) >= 11 is 0. The number of aliphatic hydroxyl groups excluding tert-OH is 1. The third-order valence-electron chi connectivity index (χ3n) is 5.35. The van der Waals surface area contributed by atoms with E-state index in [1.54, 1.807) is 6.07 Å². The Labute approximate surface area is 186 Å². The standard InChI is InChI=1S/C24H38N2O5/c1-18-17-20(8-9-21(18)22(28)25-12-6-15-27)30-16-5-7-19-10-13-26(14-11-19)23(29)31-24(2,3)4/h8-9,17,19,27H,5-7,10-16H2,1-4H3,(H,25,28). The van der Waals surface area contributed by atoms with Crippen molar-refractivity contribution in [3.63, 3.8) is 0 Å². The maximum atomic E-state index is 12.2. The van der Waals surface area contributed by atoms with Gasteiger partial charge < -0.3 is 24.8 Å². The van der Waals surface area contributed by atoms with Crippen molar-refractivity contribution in [1.29, 1.82) is 0 Å². The molecule has 0 unspecified atom stereocenters. The molecule has 31 heavy (non-hydrogen) atoms. The van der Waals surface area contributed by atoms with Gasteiger partial charge in [-0.3, -0.25) is 4.79 Å². The number of nitrogens with one attached hydrogen (secondary N) is 1. The van der Waals surface area contributed by atoms with Gasteiger partial charge in [-0.25, -0.2) is 4.79 Å². The number of nitrogens with zero attached hydrogens (tertiary/aromatic N) is 1. The first kappa shape index (κ1) is 25.0. The van der Waals surface area contributed by atoms with E-state index in [2.05, 4.69) is 5.32 Å². The van der Waals surface area contributed by atoms with Crippen molar-refractivity contribution in [3.05, 3.63) is 29.3 Å². The highest BCUT2D eigenvalue weighted by Gasteiger charge is 2.26. The lowest BCUT2D eigenvalue weighted by atomic mass is 9.92. The maximum Gasteiger partial charge on any atom is 0.410 e. The second kappa shape index (κ2) is 11.9. The highest BCUT2D eigenvalue weighted by atomic mass is 16.6. The zero-order chi connectivity index (χ0) is 22.9. The molecule has 1 aromatic carbocycles. The summed E-state index contributed by atoms with van der Waals surface area (Å²) in [5.74, 6) is 1.24. The van der Waals surface area contributed by atoms with Crippen LogP contribution >= 0.6 is 0 Å². The van der Waals surface area contributed by atoms with Crippen molar-refractivity contribution in [2.75, 3.05) is 32.8 Å². The number of ether oxygens (including phenoxy) is 2. The smallest absolute Gasteiger partial charge is 0.410 e. The molecule has 2 amide bonds. The van der Waals surface area contributed by atoms with Crippen LogP contribution in [0.2, 0.25) is 0 Å². The molecule has 0 aliphatic carbocycles. The summed E-state index contributed by atoms with van der Waals surface area (Å²) in [6.07, 6.45) is 4.37. The van der Waals surface area contributed by atoms with Crippen LogP contribution in [0.3, 0.4) is 0 Å². The minimum absolute atomic E-state index is 0.0644. The van der Waals surface area contributed by atoms with Crippen LogP contribution in [0.15, 0.2) is 18.2 Å². The number of piperidine rings is 1. The first-order valence-electron chi connectivity index (χ1n) is 11.3. The molecule has 0 aromatic heterocycles. The van der Waals surface area contributed by atoms with Crippen LogP contribution in [0.5, 0.6) is 5.75 Å². The Kier molecular flexibility index (Phi) is 9.62. The van der Waals surface area contributed by atoms with Crippen molar-refractivity contribution in [3.8, 4) is 5.75 Å². The summed E-state index contributed by atoms with van der Waals surface area (Å²) < 4.78 is 11.3. The molecule has 1 aliphatic heterocycles. The molecule has 0 spiro atoms. The predicted molar refractivity (Wildman–Crippen MR) is 120 cm³/mol. The molecule has 0 bridgehead atoms. The van der Waals surface area contributed by atoms with Crippen LogP contribution in [0.1, 0.15) is 68.8 Å². The fourth-order valence-corrected chi connectivity index (χ4v) is 3.65. The Morgan fingerprint density at radius 2 is 1.90 bits per heavy atom. The molecule has 1 heterocycles. The normalized spacial score (nSPS) is 14.9. The van der Waals surface area contributed by atoms with Crippen molar-refractivity contribution >= 4 is 12.0 Å². The van der Waals surface area contributed by atoms with Crippen LogP contribution in [-0.2, 0) is 4.74 Å². The fourth-order valence-electron chi connectivity index (χ4n) is 3.65. The van der Waals surface area contributed by atoms with E-state index in [1.807, 2.05) is 44.7 Å². The number of hydrogen-bond acceptors (Lipinski definition) is 5. The van der Waals surface area contributed by atoms with Crippen molar-refractivity contribution < 1.29 is 24.2 Å². The predicted octanol–water partition coefficient (Wildman–Crippen LogP) is 3.91. The summed E-state index contributed by atoms with van der Waals surface area (Å²) in [7, 11) is 0. The van der Waals surface area contributed by atoms with E-state index in [-0.39, 0.29) is 18.6 Å². The van der Waals surface area contributed by atoms with Gasteiger partial charge in [-0.15, -0.1) is 0 Å². The van der Waals surface area contributed by atoms with E-state index >= 15 is 0 Å². The number of benzene rings is 1. The van der Waals surface area contributed by atoms with Crippen LogP contribution in [0, 0.1) is 12.8 Å². The Bertz CT molecular complexity index is 721. The van der Waals surface area contributed by atoms with E-state index in [0.29, 0.717) is 31.1 Å². The van der Waals surface area contributed by atoms with Crippen molar-refractivity contribution in [1.82, 2.24) is 10.2 Å². The van der Waals surface area contributed by atoms with E-state index in [0.717, 1.165) is 50.1 Å². The molecule has 0 saturated carbocycles. The van der Waals surface area contributed by atoms with Gasteiger partial charge in [-0.05, 0) is 89.5 Å². The van der Waals surface area contributed by atoms with Crippen LogP contribution in [0.25, 0.3) is 0 Å². The third kappa shape index (κ3) is 8.77. The van der Waals surface area contributed by atoms with Gasteiger partial charge in [-0.2, -0.15) is 0 Å². The number of carbonyl (C=O) groups is 2. The van der Waals surface area contributed by atoms with Gasteiger partial charge in [0.25, 0.3) is 5.91 Å². The van der Waals surface area contributed by atoms with E-state index in [1.165, 1.54) is 0 Å². The van der Waals surface area contributed by atoms with Gasteiger partial charge in [0.2, 0.25) is 0 Å². The van der Waals surface area contributed by atoms with Gasteiger partial charge >= 0.3 is 6.09 Å². The second-order valence-electron chi connectivity index (χ2n) is 9.21. The topological polar surface area (TPSA) is 88.1 Å². The average Bonchev–Trinajstić information content (AvgIpc) is 2.70. The number of aryl methyl sites for hydroxylation is 1. The molecule has 0 atom stereocenters. The SMILES string of the molecule is Cc1cc(OCCCC2CCN(C(=O)OC(C)(C)C)CC2)ccc1C(=O)NCCCO. The summed E-state index contributed by atoms with van der Waals surface area (Å²) in [6, 6.07) is 5.50. The highest BCUT2D eigenvalue weighted by Crippen LogP contribution is 2.24. The average molecular weight is 435 g/mol. The van der Waals surface area contributed by atoms with Gasteiger partial charge in [-0.1, -0.05) is 0 Å².